The minimum Gasteiger partial charge on any atom is -0.399 e. The predicted octanol–water partition coefficient (Wildman–Crippen LogP) is 2.32. The molecule has 0 aliphatic carbocycles. The van der Waals surface area contributed by atoms with Crippen LogP contribution in [0.3, 0.4) is 0 Å². The molecule has 0 radical (unpaired) electrons. The lowest BCUT2D eigenvalue weighted by molar-refractivity contribution is 1.47. The first kappa shape index (κ1) is 13.7. The lowest BCUT2D eigenvalue weighted by Gasteiger charge is -2.00. The van der Waals surface area contributed by atoms with Crippen molar-refractivity contribution < 1.29 is 0 Å². The van der Waals surface area contributed by atoms with Gasteiger partial charge in [-0.15, -0.1) is 0 Å². The summed E-state index contributed by atoms with van der Waals surface area (Å²) in [6.45, 7) is 3.84. The summed E-state index contributed by atoms with van der Waals surface area (Å²) in [6.07, 6.45) is 0. The predicted molar refractivity (Wildman–Crippen MR) is 80.0 cm³/mol. The van der Waals surface area contributed by atoms with Crippen molar-refractivity contribution in [2.75, 3.05) is 22.9 Å². The molecule has 0 atom stereocenters. The van der Waals surface area contributed by atoms with Crippen molar-refractivity contribution in [1.29, 1.82) is 0 Å². The summed E-state index contributed by atoms with van der Waals surface area (Å²) in [5, 5.41) is 0. The summed E-state index contributed by atoms with van der Waals surface area (Å²) in [5.41, 5.74) is 27.2. The van der Waals surface area contributed by atoms with Crippen LogP contribution in [0.15, 0.2) is 36.4 Å². The molecule has 0 aliphatic rings. The van der Waals surface area contributed by atoms with E-state index < -0.39 is 0 Å². The van der Waals surface area contributed by atoms with Gasteiger partial charge in [-0.1, -0.05) is 6.07 Å². The van der Waals surface area contributed by atoms with Crippen LogP contribution in [-0.2, 0) is 0 Å². The molecular formula is C14H20N4. The van der Waals surface area contributed by atoms with Crippen molar-refractivity contribution in [3.05, 3.63) is 47.5 Å². The maximum atomic E-state index is 5.54. The van der Waals surface area contributed by atoms with Crippen LogP contribution in [-0.4, -0.2) is 0 Å². The van der Waals surface area contributed by atoms with Gasteiger partial charge in [-0.2, -0.15) is 0 Å². The van der Waals surface area contributed by atoms with Gasteiger partial charge in [-0.3, -0.25) is 0 Å². The van der Waals surface area contributed by atoms with Crippen molar-refractivity contribution >= 4 is 22.7 Å². The van der Waals surface area contributed by atoms with E-state index in [0.717, 1.165) is 33.9 Å². The molecule has 0 saturated heterocycles. The molecule has 4 heteroatoms. The van der Waals surface area contributed by atoms with Gasteiger partial charge in [0, 0.05) is 22.7 Å². The topological polar surface area (TPSA) is 104 Å². The van der Waals surface area contributed by atoms with Gasteiger partial charge < -0.3 is 22.9 Å². The second kappa shape index (κ2) is 5.82. The summed E-state index contributed by atoms with van der Waals surface area (Å²) in [5.74, 6) is 0. The standard InChI is InChI=1S/2C7H10N2/c1-5-4-6(8)2-3-7(5)9;1-5-6(8)3-2-4-7(5)9/h2*2-4H,8-9H2,1H3. The van der Waals surface area contributed by atoms with Crippen molar-refractivity contribution in [2.24, 2.45) is 0 Å². The third-order valence-electron chi connectivity index (χ3n) is 2.71. The molecule has 2 aromatic carbocycles. The summed E-state index contributed by atoms with van der Waals surface area (Å²) >= 11 is 0. The van der Waals surface area contributed by atoms with Crippen LogP contribution in [0.4, 0.5) is 22.7 Å². The van der Waals surface area contributed by atoms with Crippen LogP contribution >= 0.6 is 0 Å². The molecule has 0 saturated carbocycles. The molecular weight excluding hydrogens is 224 g/mol. The number of anilines is 4. The molecule has 0 fully saturated rings. The molecule has 18 heavy (non-hydrogen) atoms. The van der Waals surface area contributed by atoms with Crippen LogP contribution in [0.25, 0.3) is 0 Å². The van der Waals surface area contributed by atoms with Gasteiger partial charge in [0.15, 0.2) is 0 Å². The fourth-order valence-corrected chi connectivity index (χ4v) is 1.37. The minimum absolute atomic E-state index is 0.759. The number of aryl methyl sites for hydroxylation is 1. The second-order valence-electron chi connectivity index (χ2n) is 4.18. The fourth-order valence-electron chi connectivity index (χ4n) is 1.37. The number of hydrogen-bond acceptors (Lipinski definition) is 4. The highest BCUT2D eigenvalue weighted by Gasteiger charge is 1.93. The second-order valence-corrected chi connectivity index (χ2v) is 4.18. The zero-order valence-corrected chi connectivity index (χ0v) is 10.8. The zero-order valence-electron chi connectivity index (χ0n) is 10.8. The molecule has 0 aromatic heterocycles. The molecule has 4 nitrogen and oxygen atoms in total. The van der Waals surface area contributed by atoms with Crippen LogP contribution in [0.2, 0.25) is 0 Å². The monoisotopic (exact) mass is 244 g/mol. The van der Waals surface area contributed by atoms with E-state index in [1.807, 2.05) is 44.2 Å². The molecule has 2 rings (SSSR count). The summed E-state index contributed by atoms with van der Waals surface area (Å²) in [4.78, 5) is 0. The Labute approximate surface area is 108 Å². The Bertz CT molecular complexity index is 515. The Morgan fingerprint density at radius 2 is 1.28 bits per heavy atom. The molecule has 0 aliphatic heterocycles. The van der Waals surface area contributed by atoms with Gasteiger partial charge in [0.25, 0.3) is 0 Å². The number of rotatable bonds is 0. The number of nitrogen functional groups attached to an aromatic ring is 4. The third-order valence-corrected chi connectivity index (χ3v) is 2.71. The summed E-state index contributed by atoms with van der Waals surface area (Å²) in [6, 6.07) is 11.0. The Morgan fingerprint density at radius 3 is 1.67 bits per heavy atom. The van der Waals surface area contributed by atoms with Gasteiger partial charge >= 0.3 is 0 Å². The highest BCUT2D eigenvalue weighted by molar-refractivity contribution is 5.60. The van der Waals surface area contributed by atoms with E-state index in [-0.39, 0.29) is 0 Å². The van der Waals surface area contributed by atoms with Crippen LogP contribution in [0.1, 0.15) is 11.1 Å². The van der Waals surface area contributed by atoms with E-state index in [4.69, 9.17) is 22.9 Å². The zero-order chi connectivity index (χ0) is 13.7. The van der Waals surface area contributed by atoms with E-state index >= 15 is 0 Å². The normalized spacial score (nSPS) is 9.44. The van der Waals surface area contributed by atoms with E-state index in [0.29, 0.717) is 0 Å². The first-order valence-electron chi connectivity index (χ1n) is 5.64. The Balaban J connectivity index is 0.000000180. The van der Waals surface area contributed by atoms with Gasteiger partial charge in [-0.05, 0) is 55.3 Å². The Kier molecular flexibility index (Phi) is 4.43. The van der Waals surface area contributed by atoms with Gasteiger partial charge in [0.1, 0.15) is 0 Å². The average molecular weight is 244 g/mol. The van der Waals surface area contributed by atoms with Crippen LogP contribution in [0.5, 0.6) is 0 Å². The Hall–Kier alpha value is -2.36. The molecule has 0 bridgehead atoms. The molecule has 2 aromatic rings. The van der Waals surface area contributed by atoms with Crippen LogP contribution in [0, 0.1) is 13.8 Å². The Morgan fingerprint density at radius 1 is 0.722 bits per heavy atom. The number of benzene rings is 2. The van der Waals surface area contributed by atoms with Gasteiger partial charge in [0.2, 0.25) is 0 Å². The maximum Gasteiger partial charge on any atom is 0.0364 e. The van der Waals surface area contributed by atoms with Gasteiger partial charge in [0.05, 0.1) is 0 Å². The van der Waals surface area contributed by atoms with Crippen molar-refractivity contribution in [1.82, 2.24) is 0 Å². The number of nitrogens with two attached hydrogens (primary N) is 4. The van der Waals surface area contributed by atoms with E-state index in [1.54, 1.807) is 6.07 Å². The van der Waals surface area contributed by atoms with Crippen molar-refractivity contribution in [2.45, 2.75) is 13.8 Å². The highest BCUT2D eigenvalue weighted by Crippen LogP contribution is 2.16. The quantitative estimate of drug-likeness (QED) is 0.534. The molecule has 0 spiro atoms. The van der Waals surface area contributed by atoms with Crippen LogP contribution < -0.4 is 22.9 Å². The molecule has 0 amide bonds. The first-order valence-corrected chi connectivity index (χ1v) is 5.64. The van der Waals surface area contributed by atoms with E-state index in [1.165, 1.54) is 0 Å². The third kappa shape index (κ3) is 3.59. The first-order chi connectivity index (χ1) is 8.41. The molecule has 0 heterocycles. The molecule has 8 N–H and O–H groups in total. The van der Waals surface area contributed by atoms with E-state index in [2.05, 4.69) is 0 Å². The lowest BCUT2D eigenvalue weighted by atomic mass is 10.2. The fraction of sp³-hybridized carbons (Fsp3) is 0.143. The number of hydrogen-bond donors (Lipinski definition) is 4. The summed E-state index contributed by atoms with van der Waals surface area (Å²) < 4.78 is 0. The largest absolute Gasteiger partial charge is 0.399 e. The maximum absolute atomic E-state index is 5.54. The SMILES string of the molecule is Cc1c(N)cccc1N.Cc1cc(N)ccc1N. The smallest absolute Gasteiger partial charge is 0.0364 e. The average Bonchev–Trinajstić information content (AvgIpc) is 2.32. The molecule has 0 unspecified atom stereocenters. The minimum atomic E-state index is 0.759. The molecule has 96 valence electrons. The lowest BCUT2D eigenvalue weighted by Crippen LogP contribution is -1.94. The van der Waals surface area contributed by atoms with Crippen molar-refractivity contribution in [3.63, 3.8) is 0 Å². The highest BCUT2D eigenvalue weighted by atomic mass is 14.6. The van der Waals surface area contributed by atoms with Gasteiger partial charge in [-0.25, -0.2) is 0 Å². The summed E-state index contributed by atoms with van der Waals surface area (Å²) in [7, 11) is 0. The van der Waals surface area contributed by atoms with E-state index in [9.17, 15) is 0 Å². The van der Waals surface area contributed by atoms with Crippen molar-refractivity contribution in [3.8, 4) is 0 Å².